The summed E-state index contributed by atoms with van der Waals surface area (Å²) in [5, 5.41) is 7.33. The van der Waals surface area contributed by atoms with Gasteiger partial charge < -0.3 is 23.7 Å². The van der Waals surface area contributed by atoms with Crippen LogP contribution in [0.3, 0.4) is 0 Å². The predicted octanol–water partition coefficient (Wildman–Crippen LogP) is 6.27. The Balaban J connectivity index is 0.811. The van der Waals surface area contributed by atoms with Gasteiger partial charge in [0.1, 0.15) is 13.2 Å². The predicted molar refractivity (Wildman–Crippen MR) is 223 cm³/mol. The topological polar surface area (TPSA) is 80.3 Å². The molecule has 0 heterocycles. The van der Waals surface area contributed by atoms with Crippen molar-refractivity contribution in [2.75, 3.05) is 52.9 Å². The minimum Gasteiger partial charge on any atom is -0.460 e. The average molecular weight is 771 g/mol. The number of hydrogen-bond acceptors (Lipinski definition) is 7. The van der Waals surface area contributed by atoms with Crippen LogP contribution in [0, 0.1) is 0 Å². The molecule has 0 atom stereocenters. The molecule has 0 spiro atoms. The van der Waals surface area contributed by atoms with Gasteiger partial charge in [-0.3, -0.25) is 0 Å². The van der Waals surface area contributed by atoms with Crippen LogP contribution >= 0.6 is 15.8 Å². The van der Waals surface area contributed by atoms with Crippen LogP contribution in [0.5, 0.6) is 0 Å². The molecule has 0 saturated carbocycles. The summed E-state index contributed by atoms with van der Waals surface area (Å²) in [7, 11) is -1.48. The minimum atomic E-state index is -0.738. The molecule has 0 N–H and O–H groups in total. The van der Waals surface area contributed by atoms with Crippen LogP contribution in [-0.2, 0) is 23.7 Å². The number of benzene rings is 6. The molecule has 0 bridgehead atoms. The molecule has 280 valence electrons. The molecule has 55 heavy (non-hydrogen) atoms. The van der Waals surface area contributed by atoms with Crippen molar-refractivity contribution in [3.63, 3.8) is 0 Å². The third kappa shape index (κ3) is 12.0. The molecular weight excluding hydrogens is 726 g/mol. The lowest BCUT2D eigenvalue weighted by molar-refractivity contribution is -0.00674. The van der Waals surface area contributed by atoms with Gasteiger partial charge in [0.2, 0.25) is 0 Å². The van der Waals surface area contributed by atoms with E-state index in [0.29, 0.717) is 37.6 Å². The van der Waals surface area contributed by atoms with Crippen molar-refractivity contribution < 1.29 is 33.3 Å². The van der Waals surface area contributed by atoms with Crippen LogP contribution in [0.15, 0.2) is 170 Å². The highest BCUT2D eigenvalue weighted by Gasteiger charge is 2.18. The van der Waals surface area contributed by atoms with Gasteiger partial charge in [0.05, 0.1) is 50.8 Å². The van der Waals surface area contributed by atoms with Crippen molar-refractivity contribution in [1.29, 1.82) is 0 Å². The molecule has 6 aromatic rings. The van der Waals surface area contributed by atoms with Crippen LogP contribution in [0.2, 0.25) is 0 Å². The lowest BCUT2D eigenvalue weighted by atomic mass is 10.2. The standard InChI is InChI=1S/C46H44O7P2/c47-45(37-21-25-43(26-22-37)54(39-13-5-1-6-14-39)40-15-7-2-8-16-40)52-35-33-50-31-29-49-30-32-51-34-36-53-46(48)38-23-27-44(28-24-38)55(41-17-9-3-10-18-41)42-19-11-4-12-20-42/h1-28H,29-36H2. The molecule has 0 unspecified atom stereocenters. The fraction of sp³-hybridized carbons (Fsp3) is 0.174. The van der Waals surface area contributed by atoms with E-state index in [1.54, 1.807) is 0 Å². The van der Waals surface area contributed by atoms with Gasteiger partial charge in [-0.2, -0.15) is 0 Å². The summed E-state index contributed by atoms with van der Waals surface area (Å²) in [4.78, 5) is 25.3. The molecule has 9 heteroatoms. The molecule has 0 aliphatic rings. The number of ether oxygens (including phenoxy) is 5. The van der Waals surface area contributed by atoms with Crippen molar-refractivity contribution >= 4 is 59.6 Å². The second-order valence-corrected chi connectivity index (χ2v) is 16.7. The number of carbonyl (C=O) groups excluding carboxylic acids is 2. The van der Waals surface area contributed by atoms with E-state index < -0.39 is 15.8 Å². The fourth-order valence-electron chi connectivity index (χ4n) is 5.79. The maximum atomic E-state index is 12.6. The Bertz CT molecular complexity index is 1790. The fourth-order valence-corrected chi connectivity index (χ4v) is 10.4. The zero-order valence-corrected chi connectivity index (χ0v) is 32.4. The Morgan fingerprint density at radius 1 is 0.309 bits per heavy atom. The largest absolute Gasteiger partial charge is 0.460 e. The summed E-state index contributed by atoms with van der Waals surface area (Å²) in [5.74, 6) is -0.764. The van der Waals surface area contributed by atoms with E-state index >= 15 is 0 Å². The number of hydrogen-bond donors (Lipinski definition) is 0. The first-order valence-corrected chi connectivity index (χ1v) is 20.9. The van der Waals surface area contributed by atoms with Crippen molar-refractivity contribution in [2.24, 2.45) is 0 Å². The van der Waals surface area contributed by atoms with Gasteiger partial charge in [0.25, 0.3) is 0 Å². The van der Waals surface area contributed by atoms with Crippen LogP contribution in [-0.4, -0.2) is 64.8 Å². The molecule has 0 radical (unpaired) electrons. The first kappa shape index (κ1) is 39.7. The molecule has 6 rings (SSSR count). The Morgan fingerprint density at radius 2 is 0.545 bits per heavy atom. The lowest BCUT2D eigenvalue weighted by Crippen LogP contribution is -2.21. The summed E-state index contributed by atoms with van der Waals surface area (Å²) < 4.78 is 27.5. The Labute approximate surface area is 325 Å². The quantitative estimate of drug-likeness (QED) is 0.0515. The maximum absolute atomic E-state index is 12.6. The smallest absolute Gasteiger partial charge is 0.338 e. The maximum Gasteiger partial charge on any atom is 0.338 e. The van der Waals surface area contributed by atoms with E-state index in [1.165, 1.54) is 21.2 Å². The highest BCUT2D eigenvalue weighted by atomic mass is 31.1. The normalized spacial score (nSPS) is 11.1. The number of rotatable bonds is 20. The SMILES string of the molecule is O=C(OCCOCCOCCOCCOC(=O)c1ccc(P(c2ccccc2)c2ccccc2)cc1)c1ccc(P(c2ccccc2)c2ccccc2)cc1. The number of carbonyl (C=O) groups is 2. The third-order valence-electron chi connectivity index (χ3n) is 8.45. The summed E-state index contributed by atoms with van der Waals surface area (Å²) in [5.41, 5.74) is 1.01. The molecule has 0 aliphatic heterocycles. The Hall–Kier alpha value is -5.00. The highest BCUT2D eigenvalue weighted by molar-refractivity contribution is 7.80. The zero-order valence-electron chi connectivity index (χ0n) is 30.6. The molecule has 0 fully saturated rings. The lowest BCUT2D eigenvalue weighted by Gasteiger charge is -2.19. The van der Waals surface area contributed by atoms with Crippen LogP contribution in [0.25, 0.3) is 0 Å². The molecule has 0 aromatic heterocycles. The molecule has 0 saturated heterocycles. The second kappa shape index (κ2) is 21.8. The van der Waals surface area contributed by atoms with E-state index in [-0.39, 0.29) is 38.4 Å². The zero-order chi connectivity index (χ0) is 37.9. The van der Waals surface area contributed by atoms with Gasteiger partial charge in [0, 0.05) is 0 Å². The van der Waals surface area contributed by atoms with E-state index in [9.17, 15) is 9.59 Å². The van der Waals surface area contributed by atoms with E-state index in [1.807, 2.05) is 72.8 Å². The molecule has 0 amide bonds. The van der Waals surface area contributed by atoms with E-state index in [2.05, 4.69) is 97.1 Å². The van der Waals surface area contributed by atoms with Gasteiger partial charge in [-0.15, -0.1) is 0 Å². The monoisotopic (exact) mass is 770 g/mol. The van der Waals surface area contributed by atoms with Crippen LogP contribution in [0.4, 0.5) is 0 Å². The molecule has 6 aromatic carbocycles. The van der Waals surface area contributed by atoms with Crippen LogP contribution < -0.4 is 31.8 Å². The van der Waals surface area contributed by atoms with Crippen molar-refractivity contribution in [3.8, 4) is 0 Å². The van der Waals surface area contributed by atoms with Crippen LogP contribution in [0.1, 0.15) is 20.7 Å². The van der Waals surface area contributed by atoms with Crippen molar-refractivity contribution in [1.82, 2.24) is 0 Å². The third-order valence-corrected chi connectivity index (χ3v) is 13.3. The Morgan fingerprint density at radius 3 is 0.818 bits per heavy atom. The molecule has 0 aliphatic carbocycles. The summed E-state index contributed by atoms with van der Waals surface area (Å²) in [6.45, 7) is 2.33. The first-order valence-electron chi connectivity index (χ1n) is 18.3. The second-order valence-electron chi connectivity index (χ2n) is 12.2. The van der Waals surface area contributed by atoms with E-state index in [4.69, 9.17) is 23.7 Å². The van der Waals surface area contributed by atoms with Gasteiger partial charge in [-0.25, -0.2) is 9.59 Å². The van der Waals surface area contributed by atoms with Gasteiger partial charge in [0.15, 0.2) is 0 Å². The molecular formula is C46H44O7P2. The van der Waals surface area contributed by atoms with Gasteiger partial charge in [-0.1, -0.05) is 146 Å². The van der Waals surface area contributed by atoms with E-state index in [0.717, 1.165) is 10.6 Å². The van der Waals surface area contributed by atoms with Gasteiger partial charge in [-0.05, 0) is 71.9 Å². The Kier molecular flexibility index (Phi) is 15.7. The van der Waals surface area contributed by atoms with Gasteiger partial charge >= 0.3 is 11.9 Å². The number of esters is 2. The summed E-state index contributed by atoms with van der Waals surface area (Å²) in [6, 6.07) is 57.1. The van der Waals surface area contributed by atoms with Crippen molar-refractivity contribution in [2.45, 2.75) is 0 Å². The first-order chi connectivity index (χ1) is 27.2. The summed E-state index contributed by atoms with van der Waals surface area (Å²) >= 11 is 0. The molecule has 7 nitrogen and oxygen atoms in total. The summed E-state index contributed by atoms with van der Waals surface area (Å²) in [6.07, 6.45) is 0. The minimum absolute atomic E-state index is 0.149. The average Bonchev–Trinajstić information content (AvgIpc) is 3.24. The van der Waals surface area contributed by atoms with Crippen molar-refractivity contribution in [3.05, 3.63) is 181 Å². The highest BCUT2D eigenvalue weighted by Crippen LogP contribution is 2.33.